The van der Waals surface area contributed by atoms with Crippen LogP contribution in [-0.2, 0) is 6.54 Å². The van der Waals surface area contributed by atoms with E-state index in [9.17, 15) is 5.41 Å². The molecule has 0 aliphatic rings. The molecule has 0 saturated carbocycles. The molecule has 228 valence electrons. The molecule has 0 saturated heterocycles. The highest BCUT2D eigenvalue weighted by Crippen LogP contribution is 2.38. The van der Waals surface area contributed by atoms with Crippen molar-refractivity contribution in [3.8, 4) is 0 Å². The molecule has 0 amide bonds. The van der Waals surface area contributed by atoms with Crippen molar-refractivity contribution in [2.45, 2.75) is 12.7 Å². The number of hydrogen-bond donors (Lipinski definition) is 3. The third kappa shape index (κ3) is 4.76. The Morgan fingerprint density at radius 2 is 0.938 bits per heavy atom. The van der Waals surface area contributed by atoms with Crippen molar-refractivity contribution in [2.24, 2.45) is 0 Å². The number of benzene rings is 9. The van der Waals surface area contributed by atoms with Crippen LogP contribution in [0.25, 0.3) is 64.6 Å². The van der Waals surface area contributed by atoms with Gasteiger partial charge in [0.1, 0.15) is 12.0 Å². The van der Waals surface area contributed by atoms with Gasteiger partial charge in [0.05, 0.1) is 0 Å². The van der Waals surface area contributed by atoms with Gasteiger partial charge >= 0.3 is 0 Å². The molecule has 0 aliphatic carbocycles. The van der Waals surface area contributed by atoms with E-state index in [2.05, 4.69) is 144 Å². The Morgan fingerprint density at radius 3 is 1.60 bits per heavy atom. The Hall–Kier alpha value is -6.03. The van der Waals surface area contributed by atoms with Crippen LogP contribution in [0.2, 0.25) is 0 Å². The van der Waals surface area contributed by atoms with Gasteiger partial charge in [0.15, 0.2) is 0 Å². The fraction of sp³-hybridized carbons (Fsp3) is 0.0444. The predicted octanol–water partition coefficient (Wildman–Crippen LogP) is 11.0. The lowest BCUT2D eigenvalue weighted by molar-refractivity contribution is 0.512. The Morgan fingerprint density at radius 1 is 0.438 bits per heavy atom. The van der Waals surface area contributed by atoms with E-state index in [0.717, 1.165) is 11.1 Å². The maximum absolute atomic E-state index is 9.24. The minimum absolute atomic E-state index is 0.359. The third-order valence-electron chi connectivity index (χ3n) is 9.82. The molecule has 0 bridgehead atoms. The van der Waals surface area contributed by atoms with Crippen molar-refractivity contribution in [2.75, 3.05) is 0 Å². The summed E-state index contributed by atoms with van der Waals surface area (Å²) in [6.07, 6.45) is -0.359. The number of rotatable bonds is 6. The van der Waals surface area contributed by atoms with Crippen LogP contribution in [0.4, 0.5) is 0 Å². The van der Waals surface area contributed by atoms with E-state index in [1.807, 2.05) is 30.3 Å². The molecular formula is C45H33N3. The number of nitrogens with one attached hydrogen (secondary N) is 3. The van der Waals surface area contributed by atoms with E-state index in [4.69, 9.17) is 0 Å². The fourth-order valence-corrected chi connectivity index (χ4v) is 7.53. The first-order valence-electron chi connectivity index (χ1n) is 16.5. The molecule has 0 radical (unpaired) electrons. The summed E-state index contributed by atoms with van der Waals surface area (Å²) >= 11 is 0. The van der Waals surface area contributed by atoms with Crippen molar-refractivity contribution in [3.63, 3.8) is 0 Å². The van der Waals surface area contributed by atoms with Gasteiger partial charge in [-0.2, -0.15) is 0 Å². The topological polar surface area (TPSA) is 47.9 Å². The smallest absolute Gasteiger partial charge is 0.126 e. The summed E-state index contributed by atoms with van der Waals surface area (Å²) in [4.78, 5) is 0. The number of hydrogen-bond acceptors (Lipinski definition) is 2. The maximum atomic E-state index is 9.24. The first-order valence-corrected chi connectivity index (χ1v) is 16.5. The number of amidine groups is 1. The van der Waals surface area contributed by atoms with Crippen LogP contribution in [0.1, 0.15) is 22.9 Å². The first kappa shape index (κ1) is 28.2. The second-order valence-corrected chi connectivity index (χ2v) is 12.6. The lowest BCUT2D eigenvalue weighted by Gasteiger charge is -2.26. The highest BCUT2D eigenvalue weighted by atomic mass is 15.1. The van der Waals surface area contributed by atoms with Crippen molar-refractivity contribution in [1.29, 1.82) is 5.41 Å². The molecule has 0 aliphatic heterocycles. The van der Waals surface area contributed by atoms with Crippen LogP contribution in [0, 0.1) is 5.41 Å². The normalized spacial score (nSPS) is 12.3. The molecule has 9 rings (SSSR count). The van der Waals surface area contributed by atoms with Gasteiger partial charge in [0, 0.05) is 17.7 Å². The lowest BCUT2D eigenvalue weighted by Crippen LogP contribution is -2.38. The van der Waals surface area contributed by atoms with Crippen LogP contribution >= 0.6 is 0 Å². The minimum Gasteiger partial charge on any atom is -0.351 e. The van der Waals surface area contributed by atoms with Crippen LogP contribution in [0.3, 0.4) is 0 Å². The standard InChI is InChI=1S/C45H33N3/c46-44(31-14-2-1-3-15-31)48-45(43-37-21-11-7-17-33(37)27-41-35-19-9-5-13-30(35)23-25-39(41)43)47-28-42-36-20-10-6-16-32(36)26-40-34-18-8-4-12-29(34)22-24-38(40)42/h1-27,45,47H,28H2,(H2,46,48). The summed E-state index contributed by atoms with van der Waals surface area (Å²) in [7, 11) is 0. The Balaban J connectivity index is 1.26. The van der Waals surface area contributed by atoms with Gasteiger partial charge in [-0.1, -0.05) is 152 Å². The Labute approximate surface area is 279 Å². The largest absolute Gasteiger partial charge is 0.351 e. The highest BCUT2D eigenvalue weighted by Gasteiger charge is 2.21. The minimum atomic E-state index is -0.359. The van der Waals surface area contributed by atoms with Gasteiger partial charge in [-0.3, -0.25) is 10.7 Å². The monoisotopic (exact) mass is 615 g/mol. The summed E-state index contributed by atoms with van der Waals surface area (Å²) in [6.45, 7) is 0.605. The van der Waals surface area contributed by atoms with Crippen molar-refractivity contribution < 1.29 is 0 Å². The molecular weight excluding hydrogens is 583 g/mol. The van der Waals surface area contributed by atoms with E-state index in [-0.39, 0.29) is 6.17 Å². The maximum Gasteiger partial charge on any atom is 0.126 e. The van der Waals surface area contributed by atoms with Crippen LogP contribution in [0.5, 0.6) is 0 Å². The molecule has 0 fully saturated rings. The predicted molar refractivity (Wildman–Crippen MR) is 204 cm³/mol. The molecule has 0 heterocycles. The van der Waals surface area contributed by atoms with E-state index in [0.29, 0.717) is 12.4 Å². The van der Waals surface area contributed by atoms with E-state index in [1.54, 1.807) is 0 Å². The Bertz CT molecular complexity index is 2680. The third-order valence-corrected chi connectivity index (χ3v) is 9.82. The summed E-state index contributed by atoms with van der Waals surface area (Å²) in [5.74, 6) is 0.378. The van der Waals surface area contributed by atoms with Crippen LogP contribution in [0.15, 0.2) is 164 Å². The van der Waals surface area contributed by atoms with Crippen molar-refractivity contribution in [1.82, 2.24) is 10.6 Å². The molecule has 3 N–H and O–H groups in total. The van der Waals surface area contributed by atoms with Gasteiger partial charge in [-0.25, -0.2) is 0 Å². The summed E-state index contributed by atoms with van der Waals surface area (Å²) in [5.41, 5.74) is 3.24. The summed E-state index contributed by atoms with van der Waals surface area (Å²) in [6, 6.07) is 58.1. The van der Waals surface area contributed by atoms with Crippen LogP contribution < -0.4 is 10.6 Å². The highest BCUT2D eigenvalue weighted by molar-refractivity contribution is 6.15. The SMILES string of the molecule is N=C(NC(NCc1c2ccccc2cc2c1ccc1ccccc12)c1c2ccccc2cc2c1ccc1ccccc12)c1ccccc1. The van der Waals surface area contributed by atoms with Gasteiger partial charge in [0.25, 0.3) is 0 Å². The van der Waals surface area contributed by atoms with Crippen LogP contribution in [-0.4, -0.2) is 5.84 Å². The molecule has 9 aromatic carbocycles. The second kappa shape index (κ2) is 11.6. The average molecular weight is 616 g/mol. The summed E-state index contributed by atoms with van der Waals surface area (Å²) in [5, 5.41) is 31.5. The van der Waals surface area contributed by atoms with Crippen molar-refractivity contribution >= 4 is 70.5 Å². The molecule has 3 nitrogen and oxygen atoms in total. The fourth-order valence-electron chi connectivity index (χ4n) is 7.53. The molecule has 0 spiro atoms. The lowest BCUT2D eigenvalue weighted by atomic mass is 9.91. The van der Waals surface area contributed by atoms with E-state index >= 15 is 0 Å². The zero-order chi connectivity index (χ0) is 32.0. The van der Waals surface area contributed by atoms with Gasteiger partial charge < -0.3 is 5.32 Å². The zero-order valence-electron chi connectivity index (χ0n) is 26.4. The Kier molecular flexibility index (Phi) is 6.84. The van der Waals surface area contributed by atoms with Crippen molar-refractivity contribution in [3.05, 3.63) is 180 Å². The second-order valence-electron chi connectivity index (χ2n) is 12.6. The first-order chi connectivity index (χ1) is 23.7. The van der Waals surface area contributed by atoms with E-state index in [1.165, 1.54) is 70.2 Å². The average Bonchev–Trinajstić information content (AvgIpc) is 3.15. The summed E-state index contributed by atoms with van der Waals surface area (Å²) < 4.78 is 0. The zero-order valence-corrected chi connectivity index (χ0v) is 26.4. The molecule has 48 heavy (non-hydrogen) atoms. The number of fused-ring (bicyclic) bond motifs is 8. The molecule has 0 aromatic heterocycles. The molecule has 9 aromatic rings. The molecule has 1 atom stereocenters. The quantitative estimate of drug-likeness (QED) is 0.0573. The van der Waals surface area contributed by atoms with Gasteiger partial charge in [-0.05, 0) is 82.3 Å². The van der Waals surface area contributed by atoms with Gasteiger partial charge in [-0.15, -0.1) is 0 Å². The van der Waals surface area contributed by atoms with E-state index < -0.39 is 0 Å². The molecule has 1 unspecified atom stereocenters. The van der Waals surface area contributed by atoms with Gasteiger partial charge in [0.2, 0.25) is 0 Å². The molecule has 3 heteroatoms.